The SMILES string of the molecule is Cc1cc2c(cc1N1c3cc(C(C)(C)C)ccc3B3c4cc5c(cc4N(c4ccc(C(C)(C)C)cc4-c4ccccc4)c4cc(N6c7ccc(C(C)(C)C)cc7C7(C)CCCCC67C)cc1c43)C(C)(C)c1ccccc1C5(C)C)C(C)(C)CCC2(C)C. The van der Waals surface area contributed by atoms with Gasteiger partial charge in [0.2, 0.25) is 0 Å². The summed E-state index contributed by atoms with van der Waals surface area (Å²) in [5.41, 5.74) is 31.6. The first kappa shape index (κ1) is 57.9. The smallest absolute Gasteiger partial charge is 0.252 e. The Hall–Kier alpha value is -6.78. The molecule has 8 aromatic rings. The van der Waals surface area contributed by atoms with Crippen LogP contribution in [0.5, 0.6) is 0 Å². The lowest BCUT2D eigenvalue weighted by Gasteiger charge is -2.51. The van der Waals surface area contributed by atoms with E-state index in [-0.39, 0.29) is 55.6 Å². The zero-order chi connectivity index (χ0) is 61.9. The highest BCUT2D eigenvalue weighted by molar-refractivity contribution is 7.00. The molecule has 1 fully saturated rings. The molecular weight excluding hydrogens is 1050 g/mol. The lowest BCUT2D eigenvalue weighted by atomic mass is 9.33. The molecule has 3 aliphatic heterocycles. The van der Waals surface area contributed by atoms with Crippen LogP contribution < -0.4 is 31.1 Å². The summed E-state index contributed by atoms with van der Waals surface area (Å²) in [6, 6.07) is 59.5. The van der Waals surface area contributed by atoms with Crippen LogP contribution in [0, 0.1) is 6.92 Å². The van der Waals surface area contributed by atoms with E-state index in [4.69, 9.17) is 0 Å². The Morgan fingerprint density at radius 1 is 0.379 bits per heavy atom. The van der Waals surface area contributed by atoms with Gasteiger partial charge in [-0.15, -0.1) is 0 Å². The molecule has 3 nitrogen and oxygen atoms in total. The average molecular weight is 1150 g/mol. The predicted molar refractivity (Wildman–Crippen MR) is 376 cm³/mol. The van der Waals surface area contributed by atoms with Crippen LogP contribution >= 0.6 is 0 Å². The molecule has 8 aromatic carbocycles. The van der Waals surface area contributed by atoms with Crippen molar-refractivity contribution < 1.29 is 0 Å². The number of rotatable bonds is 4. The molecule has 87 heavy (non-hydrogen) atoms. The molecule has 2 unspecified atom stereocenters. The van der Waals surface area contributed by atoms with Gasteiger partial charge in [-0.3, -0.25) is 0 Å². The fourth-order valence-electron chi connectivity index (χ4n) is 17.6. The van der Waals surface area contributed by atoms with Gasteiger partial charge in [-0.2, -0.15) is 0 Å². The molecule has 0 saturated heterocycles. The highest BCUT2D eigenvalue weighted by Crippen LogP contribution is 2.63. The summed E-state index contributed by atoms with van der Waals surface area (Å²) in [7, 11) is 0. The normalized spacial score (nSPS) is 21.7. The van der Waals surface area contributed by atoms with Crippen molar-refractivity contribution in [2.75, 3.05) is 14.7 Å². The second-order valence-corrected chi connectivity index (χ2v) is 33.7. The van der Waals surface area contributed by atoms with Crippen molar-refractivity contribution in [1.82, 2.24) is 0 Å². The van der Waals surface area contributed by atoms with E-state index in [0.29, 0.717) is 0 Å². The summed E-state index contributed by atoms with van der Waals surface area (Å²) >= 11 is 0. The minimum Gasteiger partial charge on any atom is -0.334 e. The fraction of sp³-hybridized carbons (Fsp3) is 0.422. The van der Waals surface area contributed by atoms with Gasteiger partial charge in [-0.1, -0.05) is 235 Å². The van der Waals surface area contributed by atoms with Gasteiger partial charge in [0.05, 0.1) is 11.2 Å². The number of aryl methyl sites for hydroxylation is 1. The van der Waals surface area contributed by atoms with Crippen molar-refractivity contribution in [3.05, 3.63) is 207 Å². The molecule has 0 N–H and O–H groups in total. The molecule has 6 aliphatic rings. The van der Waals surface area contributed by atoms with Crippen molar-refractivity contribution in [2.24, 2.45) is 0 Å². The van der Waals surface area contributed by atoms with Gasteiger partial charge in [0.15, 0.2) is 0 Å². The number of hydrogen-bond donors (Lipinski definition) is 0. The highest BCUT2D eigenvalue weighted by atomic mass is 15.3. The van der Waals surface area contributed by atoms with Crippen molar-refractivity contribution in [2.45, 2.75) is 226 Å². The Morgan fingerprint density at radius 3 is 1.48 bits per heavy atom. The van der Waals surface area contributed by atoms with Crippen LogP contribution in [0.3, 0.4) is 0 Å². The second-order valence-electron chi connectivity index (χ2n) is 33.7. The quantitative estimate of drug-likeness (QED) is 0.163. The molecule has 0 aromatic heterocycles. The summed E-state index contributed by atoms with van der Waals surface area (Å²) in [6.45, 7) is 49.0. The van der Waals surface area contributed by atoms with Crippen molar-refractivity contribution in [3.8, 4) is 11.1 Å². The molecule has 0 spiro atoms. The summed E-state index contributed by atoms with van der Waals surface area (Å²) in [6.07, 6.45) is 7.06. The topological polar surface area (TPSA) is 9.72 Å². The Morgan fingerprint density at radius 2 is 0.874 bits per heavy atom. The minimum absolute atomic E-state index is 0.00920. The van der Waals surface area contributed by atoms with Crippen LogP contribution in [-0.2, 0) is 43.3 Å². The molecule has 3 heterocycles. The van der Waals surface area contributed by atoms with Gasteiger partial charge < -0.3 is 14.7 Å². The van der Waals surface area contributed by atoms with Gasteiger partial charge in [-0.05, 0) is 198 Å². The summed E-state index contributed by atoms with van der Waals surface area (Å²) in [5, 5.41) is 0. The van der Waals surface area contributed by atoms with E-state index in [9.17, 15) is 0 Å². The molecule has 3 aliphatic carbocycles. The maximum Gasteiger partial charge on any atom is 0.252 e. The maximum absolute atomic E-state index is 2.88. The first-order valence-electron chi connectivity index (χ1n) is 33.2. The van der Waals surface area contributed by atoms with Gasteiger partial charge in [0, 0.05) is 61.6 Å². The number of benzene rings is 8. The number of nitrogens with zero attached hydrogens (tertiary/aromatic N) is 3. The Kier molecular flexibility index (Phi) is 12.4. The average Bonchev–Trinajstić information content (AvgIpc) is 1.63. The molecule has 0 radical (unpaired) electrons. The molecule has 446 valence electrons. The van der Waals surface area contributed by atoms with Gasteiger partial charge in [0.1, 0.15) is 0 Å². The van der Waals surface area contributed by atoms with Crippen LogP contribution in [0.15, 0.2) is 146 Å². The van der Waals surface area contributed by atoms with E-state index >= 15 is 0 Å². The van der Waals surface area contributed by atoms with Crippen LogP contribution in [-0.4, -0.2) is 12.3 Å². The molecule has 14 rings (SSSR count). The van der Waals surface area contributed by atoms with E-state index in [1.807, 2.05) is 0 Å². The van der Waals surface area contributed by atoms with Crippen molar-refractivity contribution in [1.29, 1.82) is 0 Å². The highest BCUT2D eigenvalue weighted by Gasteiger charge is 2.59. The zero-order valence-electron chi connectivity index (χ0n) is 56.5. The lowest BCUT2D eigenvalue weighted by Crippen LogP contribution is -2.62. The molecular formula is C83H96BN3. The fourth-order valence-corrected chi connectivity index (χ4v) is 17.6. The van der Waals surface area contributed by atoms with E-state index in [1.54, 1.807) is 0 Å². The first-order chi connectivity index (χ1) is 40.7. The Balaban J connectivity index is 1.17. The number of fused-ring (bicyclic) bond motifs is 10. The van der Waals surface area contributed by atoms with Gasteiger partial charge >= 0.3 is 0 Å². The first-order valence-corrected chi connectivity index (χ1v) is 33.2. The summed E-state index contributed by atoms with van der Waals surface area (Å²) < 4.78 is 0. The summed E-state index contributed by atoms with van der Waals surface area (Å²) in [5.74, 6) is 0. The van der Waals surface area contributed by atoms with Crippen molar-refractivity contribution >= 4 is 68.6 Å². The van der Waals surface area contributed by atoms with Crippen LogP contribution in [0.4, 0.5) is 45.5 Å². The van der Waals surface area contributed by atoms with Crippen molar-refractivity contribution in [3.63, 3.8) is 0 Å². The number of anilines is 8. The Labute approximate surface area is 524 Å². The largest absolute Gasteiger partial charge is 0.334 e. The standard InChI is InChI=1S/C83H96BN3/c1-51-42-60-61(79(13,14)41-40-78(60,11)12)49-69(51)86-70-45-55(77(8,9)10)32-35-65(70)84-66-48-62-63(81(17,18)59-31-25-24-30-58(59)80(62,15)16)50-71(66)85(67-36-33-53(75(2,3)4)43-57(67)52-28-22-21-23-29-52)72-46-56(47-73(86)74(72)84)87-68-37-34-54(76(5,6)7)44-64(68)82(19)38-26-27-39-83(82,87)20/h21-25,28-37,42-50H,26-27,38-41H2,1-20H3. The molecule has 4 heteroatoms. The van der Waals surface area contributed by atoms with Crippen LogP contribution in [0.2, 0.25) is 0 Å². The molecule has 0 bridgehead atoms. The second kappa shape index (κ2) is 18.7. The molecule has 2 atom stereocenters. The Bertz CT molecular complexity index is 4190. The third-order valence-electron chi connectivity index (χ3n) is 23.5. The van der Waals surface area contributed by atoms with Crippen LogP contribution in [0.1, 0.15) is 231 Å². The lowest BCUT2D eigenvalue weighted by molar-refractivity contribution is 0.195. The number of hydrogen-bond acceptors (Lipinski definition) is 3. The zero-order valence-corrected chi connectivity index (χ0v) is 56.5. The molecule has 0 amide bonds. The third-order valence-corrected chi connectivity index (χ3v) is 23.5. The van der Waals surface area contributed by atoms with E-state index in [1.165, 1.54) is 153 Å². The van der Waals surface area contributed by atoms with E-state index in [2.05, 4.69) is 299 Å². The van der Waals surface area contributed by atoms with Crippen LogP contribution in [0.25, 0.3) is 11.1 Å². The maximum atomic E-state index is 2.88. The van der Waals surface area contributed by atoms with E-state index < -0.39 is 0 Å². The van der Waals surface area contributed by atoms with Gasteiger partial charge in [0.25, 0.3) is 6.71 Å². The van der Waals surface area contributed by atoms with Gasteiger partial charge in [-0.25, -0.2) is 0 Å². The predicted octanol–water partition coefficient (Wildman–Crippen LogP) is 20.7. The minimum atomic E-state index is -0.270. The monoisotopic (exact) mass is 1150 g/mol. The summed E-state index contributed by atoms with van der Waals surface area (Å²) in [4.78, 5) is 8.46. The third kappa shape index (κ3) is 8.33. The van der Waals surface area contributed by atoms with E-state index in [0.717, 1.165) is 19.3 Å². The molecule has 1 saturated carbocycles.